The quantitative estimate of drug-likeness (QED) is 0.934. The van der Waals surface area contributed by atoms with Crippen molar-refractivity contribution in [3.05, 3.63) is 35.9 Å². The highest BCUT2D eigenvalue weighted by molar-refractivity contribution is 5.85. The van der Waals surface area contributed by atoms with Gasteiger partial charge < -0.3 is 15.0 Å². The number of fused-ring (bicyclic) bond motifs is 1. The van der Waals surface area contributed by atoms with Crippen molar-refractivity contribution in [3.63, 3.8) is 0 Å². The summed E-state index contributed by atoms with van der Waals surface area (Å²) in [7, 11) is 0. The number of carbonyl (C=O) groups is 1. The average Bonchev–Trinajstić information content (AvgIpc) is 2.61. The van der Waals surface area contributed by atoms with Crippen molar-refractivity contribution < 1.29 is 9.53 Å². The second kappa shape index (κ2) is 6.63. The van der Waals surface area contributed by atoms with Crippen LogP contribution in [0.5, 0.6) is 0 Å². The lowest BCUT2D eigenvalue weighted by atomic mass is 10.1. The number of rotatable bonds is 3. The Morgan fingerprint density at radius 2 is 2.13 bits per heavy atom. The van der Waals surface area contributed by atoms with Gasteiger partial charge in [0.05, 0.1) is 30.4 Å². The minimum atomic E-state index is -0.351. The van der Waals surface area contributed by atoms with Crippen LogP contribution < -0.4 is 5.32 Å². The van der Waals surface area contributed by atoms with Crippen molar-refractivity contribution in [3.8, 4) is 6.07 Å². The summed E-state index contributed by atoms with van der Waals surface area (Å²) in [6.07, 6.45) is 0. The lowest BCUT2D eigenvalue weighted by Crippen LogP contribution is -2.47. The van der Waals surface area contributed by atoms with Gasteiger partial charge in [0, 0.05) is 18.5 Å². The molecular formula is C17H18N4O2. The molecular weight excluding hydrogens is 292 g/mol. The van der Waals surface area contributed by atoms with E-state index >= 15 is 0 Å². The van der Waals surface area contributed by atoms with Crippen LogP contribution >= 0.6 is 0 Å². The van der Waals surface area contributed by atoms with Gasteiger partial charge in [-0.15, -0.1) is 0 Å². The van der Waals surface area contributed by atoms with Crippen molar-refractivity contribution in [1.82, 2.24) is 9.88 Å². The van der Waals surface area contributed by atoms with E-state index in [1.807, 2.05) is 25.1 Å². The van der Waals surface area contributed by atoms with Gasteiger partial charge in [0.25, 0.3) is 0 Å². The molecule has 0 aliphatic carbocycles. The number of amides is 1. The molecule has 1 aromatic heterocycles. The summed E-state index contributed by atoms with van der Waals surface area (Å²) in [5.41, 5.74) is 1.40. The normalized spacial score (nSPS) is 15.9. The Hall–Kier alpha value is -2.65. The number of nitrogens with one attached hydrogen (secondary N) is 1. The maximum absolute atomic E-state index is 12.4. The van der Waals surface area contributed by atoms with Crippen LogP contribution in [0.1, 0.15) is 12.5 Å². The number of ether oxygens (including phenoxy) is 1. The van der Waals surface area contributed by atoms with Gasteiger partial charge in [-0.2, -0.15) is 5.26 Å². The molecule has 0 spiro atoms. The van der Waals surface area contributed by atoms with E-state index in [-0.39, 0.29) is 11.9 Å². The zero-order valence-electron chi connectivity index (χ0n) is 13.0. The minimum Gasteiger partial charge on any atom is -0.378 e. The first-order valence-electron chi connectivity index (χ1n) is 7.61. The van der Waals surface area contributed by atoms with E-state index in [2.05, 4.69) is 16.4 Å². The van der Waals surface area contributed by atoms with Gasteiger partial charge in [-0.25, -0.2) is 4.98 Å². The highest BCUT2D eigenvalue weighted by Crippen LogP contribution is 2.17. The molecule has 1 aliphatic rings. The number of benzene rings is 1. The lowest BCUT2D eigenvalue weighted by molar-refractivity contribution is -0.135. The molecule has 0 saturated carbocycles. The lowest BCUT2D eigenvalue weighted by Gasteiger charge is -2.29. The van der Waals surface area contributed by atoms with Crippen LogP contribution in [-0.4, -0.2) is 48.1 Å². The van der Waals surface area contributed by atoms with Crippen molar-refractivity contribution in [2.75, 3.05) is 31.6 Å². The van der Waals surface area contributed by atoms with Gasteiger partial charge >= 0.3 is 0 Å². The number of nitrogens with zero attached hydrogens (tertiary/aromatic N) is 3. The number of hydrogen-bond acceptors (Lipinski definition) is 5. The van der Waals surface area contributed by atoms with Crippen LogP contribution in [0.25, 0.3) is 10.9 Å². The number of aromatic nitrogens is 1. The Balaban J connectivity index is 1.73. The predicted molar refractivity (Wildman–Crippen MR) is 86.9 cm³/mol. The van der Waals surface area contributed by atoms with E-state index in [1.165, 1.54) is 0 Å². The predicted octanol–water partition coefficient (Wildman–Crippen LogP) is 1.77. The number of pyridine rings is 1. The first-order valence-corrected chi connectivity index (χ1v) is 7.61. The van der Waals surface area contributed by atoms with E-state index in [1.54, 1.807) is 17.0 Å². The van der Waals surface area contributed by atoms with Crippen molar-refractivity contribution >= 4 is 22.6 Å². The summed E-state index contributed by atoms with van der Waals surface area (Å²) in [5.74, 6) is 0.700. The number of anilines is 1. The van der Waals surface area contributed by atoms with Crippen molar-refractivity contribution in [1.29, 1.82) is 5.26 Å². The Morgan fingerprint density at radius 1 is 1.35 bits per heavy atom. The summed E-state index contributed by atoms with van der Waals surface area (Å²) in [6.45, 7) is 4.28. The smallest absolute Gasteiger partial charge is 0.244 e. The van der Waals surface area contributed by atoms with E-state index in [9.17, 15) is 4.79 Å². The van der Waals surface area contributed by atoms with Gasteiger partial charge in [-0.1, -0.05) is 0 Å². The van der Waals surface area contributed by atoms with Crippen LogP contribution in [-0.2, 0) is 9.53 Å². The molecule has 3 rings (SSSR count). The molecule has 0 bridgehead atoms. The fourth-order valence-electron chi connectivity index (χ4n) is 2.62. The van der Waals surface area contributed by atoms with Crippen molar-refractivity contribution in [2.24, 2.45) is 0 Å². The molecule has 6 nitrogen and oxygen atoms in total. The highest BCUT2D eigenvalue weighted by atomic mass is 16.5. The number of nitriles is 1. The third-order valence-electron chi connectivity index (χ3n) is 3.88. The molecule has 1 aromatic carbocycles. The molecule has 2 aromatic rings. The molecule has 1 saturated heterocycles. The molecule has 6 heteroatoms. The Kier molecular flexibility index (Phi) is 4.40. The number of carbonyl (C=O) groups excluding carboxylic acids is 1. The summed E-state index contributed by atoms with van der Waals surface area (Å²) in [4.78, 5) is 18.7. The Labute approximate surface area is 134 Å². The van der Waals surface area contributed by atoms with E-state index in [4.69, 9.17) is 10.00 Å². The summed E-state index contributed by atoms with van der Waals surface area (Å²) >= 11 is 0. The van der Waals surface area contributed by atoms with E-state index in [0.29, 0.717) is 37.7 Å². The van der Waals surface area contributed by atoms with Crippen LogP contribution in [0.15, 0.2) is 30.3 Å². The zero-order chi connectivity index (χ0) is 16.2. The fraction of sp³-hybridized carbons (Fsp3) is 0.353. The molecule has 1 N–H and O–H groups in total. The molecule has 118 valence electrons. The molecule has 1 aliphatic heterocycles. The van der Waals surface area contributed by atoms with Gasteiger partial charge in [-0.05, 0) is 37.3 Å². The SMILES string of the molecule is CC(Nc1ccc2cc(C#N)ccc2n1)C(=O)N1CCOCC1. The summed E-state index contributed by atoms with van der Waals surface area (Å²) < 4.78 is 5.27. The largest absolute Gasteiger partial charge is 0.378 e. The maximum atomic E-state index is 12.4. The van der Waals surface area contributed by atoms with Gasteiger partial charge in [0.1, 0.15) is 11.9 Å². The summed E-state index contributed by atoms with van der Waals surface area (Å²) in [5, 5.41) is 13.0. The number of morpholine rings is 1. The van der Waals surface area contributed by atoms with Gasteiger partial charge in [-0.3, -0.25) is 4.79 Å². The third-order valence-corrected chi connectivity index (χ3v) is 3.88. The van der Waals surface area contributed by atoms with Crippen LogP contribution in [0.3, 0.4) is 0 Å². The van der Waals surface area contributed by atoms with Crippen molar-refractivity contribution in [2.45, 2.75) is 13.0 Å². The molecule has 23 heavy (non-hydrogen) atoms. The number of hydrogen-bond donors (Lipinski definition) is 1. The topological polar surface area (TPSA) is 78.2 Å². The summed E-state index contributed by atoms with van der Waals surface area (Å²) in [6, 6.07) is 10.8. The monoisotopic (exact) mass is 310 g/mol. The molecule has 1 amide bonds. The van der Waals surface area contributed by atoms with Crippen LogP contribution in [0.4, 0.5) is 5.82 Å². The fourth-order valence-corrected chi connectivity index (χ4v) is 2.62. The average molecular weight is 310 g/mol. The zero-order valence-corrected chi connectivity index (χ0v) is 13.0. The molecule has 1 fully saturated rings. The third kappa shape index (κ3) is 3.41. The second-order valence-corrected chi connectivity index (χ2v) is 5.52. The Bertz CT molecular complexity index is 763. The van der Waals surface area contributed by atoms with E-state index < -0.39 is 0 Å². The second-order valence-electron chi connectivity index (χ2n) is 5.52. The highest BCUT2D eigenvalue weighted by Gasteiger charge is 2.22. The standard InChI is InChI=1S/C17H18N4O2/c1-12(17(22)21-6-8-23-9-7-21)19-16-5-3-14-10-13(11-18)2-4-15(14)20-16/h2-5,10,12H,6-9H2,1H3,(H,19,20). The molecule has 1 atom stereocenters. The molecule has 1 unspecified atom stereocenters. The molecule has 0 radical (unpaired) electrons. The van der Waals surface area contributed by atoms with Crippen LogP contribution in [0.2, 0.25) is 0 Å². The first-order chi connectivity index (χ1) is 11.2. The maximum Gasteiger partial charge on any atom is 0.244 e. The van der Waals surface area contributed by atoms with E-state index in [0.717, 1.165) is 10.9 Å². The Morgan fingerprint density at radius 3 is 2.87 bits per heavy atom. The van der Waals surface area contributed by atoms with Gasteiger partial charge in [0.2, 0.25) is 5.91 Å². The molecule has 2 heterocycles. The van der Waals surface area contributed by atoms with Gasteiger partial charge in [0.15, 0.2) is 0 Å². The minimum absolute atomic E-state index is 0.0509. The first kappa shape index (κ1) is 15.3. The van der Waals surface area contributed by atoms with Crippen LogP contribution in [0, 0.1) is 11.3 Å².